The Morgan fingerprint density at radius 2 is 1.92 bits per heavy atom. The monoisotopic (exact) mass is 348 g/mol. The quantitative estimate of drug-likeness (QED) is 0.586. The minimum absolute atomic E-state index is 0.0521. The zero-order valence-electron chi connectivity index (χ0n) is 14.0. The zero-order valence-corrected chi connectivity index (χ0v) is 14.0. The summed E-state index contributed by atoms with van der Waals surface area (Å²) in [5, 5.41) is 10.3. The van der Waals surface area contributed by atoms with E-state index < -0.39 is 0 Å². The molecule has 0 fully saturated rings. The third kappa shape index (κ3) is 2.77. The number of benzene rings is 2. The molecule has 3 N–H and O–H groups in total. The van der Waals surface area contributed by atoms with Gasteiger partial charge in [0.05, 0.1) is 11.0 Å². The van der Waals surface area contributed by atoms with Gasteiger partial charge in [0.15, 0.2) is 17.3 Å². The van der Waals surface area contributed by atoms with E-state index in [9.17, 15) is 4.79 Å². The summed E-state index contributed by atoms with van der Waals surface area (Å²) in [6.45, 7) is 1.99. The van der Waals surface area contributed by atoms with E-state index in [1.807, 2.05) is 55.5 Å². The first-order chi connectivity index (χ1) is 12.6. The number of hydrogen-bond donors (Lipinski definition) is 2. The number of nitrogen functional groups attached to an aromatic ring is 1. The van der Waals surface area contributed by atoms with Crippen molar-refractivity contribution in [3.05, 3.63) is 54.1 Å². The van der Waals surface area contributed by atoms with Crippen molar-refractivity contribution in [1.82, 2.24) is 19.9 Å². The molecular formula is C18H16N6O2. The number of fused-ring (bicyclic) bond motifs is 1. The van der Waals surface area contributed by atoms with Gasteiger partial charge in [-0.3, -0.25) is 4.79 Å². The maximum Gasteiger partial charge on any atom is 0.244 e. The molecule has 0 aliphatic carbocycles. The first kappa shape index (κ1) is 15.8. The van der Waals surface area contributed by atoms with Crippen molar-refractivity contribution >= 4 is 28.4 Å². The van der Waals surface area contributed by atoms with Gasteiger partial charge in [-0.05, 0) is 41.0 Å². The van der Waals surface area contributed by atoms with Crippen LogP contribution in [-0.2, 0) is 11.3 Å². The molecule has 2 heterocycles. The van der Waals surface area contributed by atoms with E-state index >= 15 is 0 Å². The Labute approximate surface area is 148 Å². The first-order valence-corrected chi connectivity index (χ1v) is 8.02. The van der Waals surface area contributed by atoms with Gasteiger partial charge < -0.3 is 15.6 Å². The predicted molar refractivity (Wildman–Crippen MR) is 97.2 cm³/mol. The molecule has 0 saturated carbocycles. The molecule has 0 aliphatic heterocycles. The Kier molecular flexibility index (Phi) is 3.85. The van der Waals surface area contributed by atoms with Crippen LogP contribution in [0.2, 0.25) is 0 Å². The molecule has 0 saturated heterocycles. The van der Waals surface area contributed by atoms with Crippen LogP contribution in [0.3, 0.4) is 0 Å². The van der Waals surface area contributed by atoms with Gasteiger partial charge in [0.25, 0.3) is 0 Å². The van der Waals surface area contributed by atoms with Crippen molar-refractivity contribution in [3.8, 4) is 11.5 Å². The van der Waals surface area contributed by atoms with Crippen molar-refractivity contribution in [3.63, 3.8) is 0 Å². The minimum atomic E-state index is -0.182. The van der Waals surface area contributed by atoms with Crippen molar-refractivity contribution in [1.29, 1.82) is 0 Å². The van der Waals surface area contributed by atoms with Crippen LogP contribution >= 0.6 is 0 Å². The summed E-state index contributed by atoms with van der Waals surface area (Å²) in [4.78, 5) is 17.2. The Morgan fingerprint density at radius 3 is 2.69 bits per heavy atom. The van der Waals surface area contributed by atoms with Crippen LogP contribution in [0.1, 0.15) is 5.56 Å². The second-order valence-corrected chi connectivity index (χ2v) is 5.87. The van der Waals surface area contributed by atoms with Crippen molar-refractivity contribution in [2.24, 2.45) is 0 Å². The summed E-state index contributed by atoms with van der Waals surface area (Å²) in [5.41, 5.74) is 9.41. The van der Waals surface area contributed by atoms with E-state index in [-0.39, 0.29) is 18.3 Å². The van der Waals surface area contributed by atoms with Crippen molar-refractivity contribution in [2.45, 2.75) is 13.5 Å². The molecule has 0 aliphatic rings. The highest BCUT2D eigenvalue weighted by Crippen LogP contribution is 2.26. The van der Waals surface area contributed by atoms with Gasteiger partial charge in [-0.25, -0.2) is 9.61 Å². The highest BCUT2D eigenvalue weighted by molar-refractivity contribution is 5.93. The van der Waals surface area contributed by atoms with Crippen LogP contribution < -0.4 is 11.1 Å². The van der Waals surface area contributed by atoms with Crippen LogP contribution in [0.25, 0.3) is 22.6 Å². The fraction of sp³-hybridized carbons (Fsp3) is 0.111. The Morgan fingerprint density at radius 1 is 1.15 bits per heavy atom. The summed E-state index contributed by atoms with van der Waals surface area (Å²) in [6, 6.07) is 15.1. The fourth-order valence-corrected chi connectivity index (χ4v) is 2.81. The number of aryl methyl sites for hydroxylation is 1. The molecule has 0 atom stereocenters. The normalized spacial score (nSPS) is 11.0. The number of para-hydroxylation sites is 3. The van der Waals surface area contributed by atoms with E-state index in [0.29, 0.717) is 11.5 Å². The van der Waals surface area contributed by atoms with Crippen LogP contribution in [0.4, 0.5) is 11.5 Å². The highest BCUT2D eigenvalue weighted by Gasteiger charge is 2.20. The lowest BCUT2D eigenvalue weighted by Gasteiger charge is -2.10. The average Bonchev–Trinajstić information content (AvgIpc) is 3.21. The number of anilines is 2. The summed E-state index contributed by atoms with van der Waals surface area (Å²) < 4.78 is 6.44. The van der Waals surface area contributed by atoms with Crippen LogP contribution in [-0.4, -0.2) is 25.8 Å². The topological polar surface area (TPSA) is 112 Å². The molecule has 1 amide bonds. The number of nitrogens with one attached hydrogen (secondary N) is 1. The number of nitrogens with zero attached hydrogens (tertiary/aromatic N) is 4. The summed E-state index contributed by atoms with van der Waals surface area (Å²) in [5.74, 6) is 0.379. The molecule has 0 spiro atoms. The smallest absolute Gasteiger partial charge is 0.244 e. The highest BCUT2D eigenvalue weighted by atomic mass is 16.6. The number of rotatable bonds is 4. The minimum Gasteiger partial charge on any atom is -0.379 e. The molecule has 0 radical (unpaired) electrons. The Bertz CT molecular complexity index is 1100. The van der Waals surface area contributed by atoms with Gasteiger partial charge >= 0.3 is 0 Å². The lowest BCUT2D eigenvalue weighted by atomic mass is 10.2. The maximum absolute atomic E-state index is 12.6. The van der Waals surface area contributed by atoms with Crippen molar-refractivity contribution < 1.29 is 9.42 Å². The lowest BCUT2D eigenvalue weighted by molar-refractivity contribution is -0.116. The molecule has 8 heteroatoms. The molecule has 8 nitrogen and oxygen atoms in total. The molecule has 4 aromatic rings. The summed E-state index contributed by atoms with van der Waals surface area (Å²) in [6.07, 6.45) is 0. The van der Waals surface area contributed by atoms with Gasteiger partial charge in [0.2, 0.25) is 5.91 Å². The predicted octanol–water partition coefficient (Wildman–Crippen LogP) is 2.62. The number of aromatic nitrogens is 4. The SMILES string of the molecule is Cc1ccccc1NC(=O)Cn1c(-c2nonc2N)nc2ccccc21. The van der Waals surface area contributed by atoms with E-state index in [0.717, 1.165) is 22.3 Å². The standard InChI is InChI=1S/C18H16N6O2/c1-11-6-2-3-7-12(11)20-15(25)10-24-14-9-5-4-8-13(14)21-18(24)16-17(19)23-26-22-16/h2-9H,10H2,1H3,(H2,19,23)(H,20,25). The molecule has 26 heavy (non-hydrogen) atoms. The number of nitrogens with two attached hydrogens (primary N) is 1. The van der Waals surface area contributed by atoms with E-state index in [1.54, 1.807) is 4.57 Å². The third-order valence-corrected chi connectivity index (χ3v) is 4.10. The molecule has 0 unspecified atom stereocenters. The lowest BCUT2D eigenvalue weighted by Crippen LogP contribution is -2.20. The van der Waals surface area contributed by atoms with Gasteiger partial charge in [-0.15, -0.1) is 0 Å². The van der Waals surface area contributed by atoms with E-state index in [4.69, 9.17) is 5.73 Å². The molecular weight excluding hydrogens is 332 g/mol. The zero-order chi connectivity index (χ0) is 18.1. The van der Waals surface area contributed by atoms with Crippen LogP contribution in [0.15, 0.2) is 53.2 Å². The average molecular weight is 348 g/mol. The Hall–Kier alpha value is -3.68. The number of hydrogen-bond acceptors (Lipinski definition) is 6. The molecule has 130 valence electrons. The second kappa shape index (κ2) is 6.32. The second-order valence-electron chi connectivity index (χ2n) is 5.87. The van der Waals surface area contributed by atoms with Crippen LogP contribution in [0.5, 0.6) is 0 Å². The summed E-state index contributed by atoms with van der Waals surface area (Å²) in [7, 11) is 0. The molecule has 0 bridgehead atoms. The molecule has 4 rings (SSSR count). The van der Waals surface area contributed by atoms with Gasteiger partial charge in [-0.2, -0.15) is 0 Å². The van der Waals surface area contributed by atoms with E-state index in [1.165, 1.54) is 0 Å². The third-order valence-electron chi connectivity index (χ3n) is 4.10. The Balaban J connectivity index is 1.72. The number of carbonyl (C=O) groups is 1. The van der Waals surface area contributed by atoms with E-state index in [2.05, 4.69) is 25.2 Å². The van der Waals surface area contributed by atoms with Crippen molar-refractivity contribution in [2.75, 3.05) is 11.1 Å². The van der Waals surface area contributed by atoms with Gasteiger partial charge in [-0.1, -0.05) is 30.3 Å². The van der Waals surface area contributed by atoms with Gasteiger partial charge in [0.1, 0.15) is 6.54 Å². The largest absolute Gasteiger partial charge is 0.379 e. The molecule has 2 aromatic carbocycles. The molecule has 2 aromatic heterocycles. The first-order valence-electron chi connectivity index (χ1n) is 8.02. The number of imidazole rings is 1. The fourth-order valence-electron chi connectivity index (χ4n) is 2.81. The maximum atomic E-state index is 12.6. The van der Waals surface area contributed by atoms with Gasteiger partial charge in [0, 0.05) is 5.69 Å². The number of carbonyl (C=O) groups excluding carboxylic acids is 1. The summed E-state index contributed by atoms with van der Waals surface area (Å²) >= 11 is 0. The number of amides is 1. The van der Waals surface area contributed by atoms with Crippen LogP contribution in [0, 0.1) is 6.92 Å².